The number of carbonyl (C=O) groups excluding carboxylic acids is 6. The van der Waals surface area contributed by atoms with Crippen LogP contribution in [0.4, 0.5) is 5.69 Å². The van der Waals surface area contributed by atoms with Crippen molar-refractivity contribution in [2.75, 3.05) is 30.8 Å². The number of aliphatic hydroxyl groups is 3. The minimum absolute atomic E-state index is 0.0458. The van der Waals surface area contributed by atoms with E-state index in [1.807, 2.05) is 0 Å². The number of carboxylic acids is 2. The highest BCUT2D eigenvalue weighted by Gasteiger charge is 2.47. The molecule has 0 unspecified atom stereocenters. The highest BCUT2D eigenvalue weighted by atomic mass is 32.2. The topological polar surface area (TPSA) is 371 Å². The van der Waals surface area contributed by atoms with Crippen molar-refractivity contribution in [3.8, 4) is 0 Å². The lowest BCUT2D eigenvalue weighted by molar-refractivity contribution is -0.228. The molecule has 3 rings (SSSR count). The molecule has 24 nitrogen and oxygen atoms in total. The van der Waals surface area contributed by atoms with E-state index in [1.54, 1.807) is 33.8 Å². The van der Waals surface area contributed by atoms with E-state index in [0.717, 1.165) is 4.90 Å². The third-order valence-electron chi connectivity index (χ3n) is 10.5. The number of hydrogen-bond donors (Lipinski definition) is 10. The second-order valence-electron chi connectivity index (χ2n) is 16.4. The first kappa shape index (κ1) is 54.0. The van der Waals surface area contributed by atoms with Crippen molar-refractivity contribution in [2.24, 2.45) is 11.8 Å². The van der Waals surface area contributed by atoms with Gasteiger partial charge in [-0.05, 0) is 55.4 Å². The maximum atomic E-state index is 13.5. The molecule has 2 saturated heterocycles. The number of carbonyl (C=O) groups is 8. The number of carboxylic acid groups (broad SMARTS) is 2. The molecular formula is C40H59N5O19S. The quantitative estimate of drug-likeness (QED) is 0.0296. The van der Waals surface area contributed by atoms with Gasteiger partial charge in [0, 0.05) is 12.1 Å². The standard InChI is InChI=1S/C40H59N5O19S/c1-19(2)31(44-29(47)16-45-25(18-62-12-13-65(59,60)61)15-26(38(45)55)43-28(46)10-11-30(48)49)37(54)41-21(5)36(53)42-24-8-6-23(17-63-40(58)20(3)4)22(14-24)7-9-27-32(50)33(51)34(52)35(64-27)39(56)57/h6,8,14,19-21,25-27,31-35,50-52H,7,9-13,15-18H2,1-5H3,(H,41,54)(H,42,53)(H,43,46)(H,44,47)(H,48,49)(H,56,57)(H,59,60,61)/t21-,25-,26-,27-,31-,32-,33+,34-,35-/m0/s1. The molecule has 0 radical (unpaired) electrons. The molecule has 0 spiro atoms. The van der Waals surface area contributed by atoms with Gasteiger partial charge in [0.1, 0.15) is 43.0 Å². The van der Waals surface area contributed by atoms with Gasteiger partial charge in [-0.25, -0.2) is 4.79 Å². The lowest BCUT2D eigenvalue weighted by Crippen LogP contribution is -2.59. The predicted molar refractivity (Wildman–Crippen MR) is 223 cm³/mol. The summed E-state index contributed by atoms with van der Waals surface area (Å²) in [6, 6.07) is 0.0391. The summed E-state index contributed by atoms with van der Waals surface area (Å²) in [6.45, 7) is 6.25. The molecule has 0 aliphatic carbocycles. The van der Waals surface area contributed by atoms with Crippen molar-refractivity contribution >= 4 is 63.2 Å². The minimum atomic E-state index is -4.38. The van der Waals surface area contributed by atoms with Crippen LogP contribution in [0, 0.1) is 11.8 Å². The Bertz CT molecular complexity index is 2020. The third-order valence-corrected chi connectivity index (χ3v) is 11.2. The van der Waals surface area contributed by atoms with Crippen molar-refractivity contribution < 1.29 is 91.1 Å². The molecule has 0 saturated carbocycles. The van der Waals surface area contributed by atoms with Crippen molar-refractivity contribution in [2.45, 2.75) is 128 Å². The zero-order valence-corrected chi connectivity index (χ0v) is 37.3. The number of likely N-dealkylation sites (tertiary alicyclic amines) is 1. The Hall–Kier alpha value is -5.31. The number of aliphatic carboxylic acids is 2. The number of aliphatic hydroxyl groups excluding tert-OH is 3. The molecule has 10 N–H and O–H groups in total. The van der Waals surface area contributed by atoms with E-state index in [1.165, 1.54) is 19.1 Å². The number of esters is 1. The van der Waals surface area contributed by atoms with Crippen molar-refractivity contribution in [1.82, 2.24) is 20.9 Å². The van der Waals surface area contributed by atoms with Gasteiger partial charge in [0.2, 0.25) is 29.5 Å². The van der Waals surface area contributed by atoms with Crippen molar-refractivity contribution in [1.29, 1.82) is 0 Å². The average Bonchev–Trinajstić information content (AvgIpc) is 3.49. The summed E-state index contributed by atoms with van der Waals surface area (Å²) < 4.78 is 47.4. The lowest BCUT2D eigenvalue weighted by Gasteiger charge is -2.39. The molecule has 5 amide bonds. The zero-order chi connectivity index (χ0) is 48.9. The smallest absolute Gasteiger partial charge is 0.335 e. The Morgan fingerprint density at radius 3 is 2.17 bits per heavy atom. The van der Waals surface area contributed by atoms with E-state index in [-0.39, 0.29) is 38.2 Å². The first-order chi connectivity index (χ1) is 30.3. The lowest BCUT2D eigenvalue weighted by atomic mass is 9.91. The average molecular weight is 946 g/mol. The van der Waals surface area contributed by atoms with Crippen LogP contribution in [0.3, 0.4) is 0 Å². The Kier molecular flexibility index (Phi) is 20.2. The van der Waals surface area contributed by atoms with E-state index in [2.05, 4.69) is 21.3 Å². The van der Waals surface area contributed by atoms with Gasteiger partial charge in [0.15, 0.2) is 6.10 Å². The molecule has 0 bridgehead atoms. The second-order valence-corrected chi connectivity index (χ2v) is 18.0. The number of hydrogen-bond acceptors (Lipinski definition) is 16. The Labute approximate surface area is 374 Å². The Balaban J connectivity index is 1.71. The maximum absolute atomic E-state index is 13.5. The minimum Gasteiger partial charge on any atom is -0.481 e. The van der Waals surface area contributed by atoms with Gasteiger partial charge >= 0.3 is 17.9 Å². The first-order valence-corrected chi connectivity index (χ1v) is 22.4. The summed E-state index contributed by atoms with van der Waals surface area (Å²) in [5.74, 6) is -8.85. The van der Waals surface area contributed by atoms with Crippen LogP contribution in [0.25, 0.3) is 0 Å². The number of amides is 5. The second kappa shape index (κ2) is 24.3. The number of rotatable bonds is 24. The normalized spacial score (nSPS) is 23.1. The molecule has 9 atom stereocenters. The molecule has 1 aromatic rings. The van der Waals surface area contributed by atoms with Crippen LogP contribution in [-0.2, 0) is 75.7 Å². The van der Waals surface area contributed by atoms with Crippen molar-refractivity contribution in [3.05, 3.63) is 29.3 Å². The van der Waals surface area contributed by atoms with Crippen LogP contribution < -0.4 is 21.3 Å². The SMILES string of the molecule is CC(C)C(=O)OCc1ccc(NC(=O)[C@H](C)NC(=O)[C@@H](NC(=O)CN2C(=O)[C@@H](NC(=O)CCC(=O)O)C[C@H]2COCCS(=O)(=O)O)C(C)C)cc1CC[C@@H]1O[C@H](C(=O)O)[C@@H](O)[C@H](O)[C@H]1O. The third kappa shape index (κ3) is 16.6. The number of benzene rings is 1. The molecule has 2 aliphatic heterocycles. The number of aryl methyl sites for hydroxylation is 1. The fourth-order valence-electron chi connectivity index (χ4n) is 6.85. The first-order valence-electron chi connectivity index (χ1n) is 20.8. The van der Waals surface area contributed by atoms with E-state index in [4.69, 9.17) is 23.9 Å². The fraction of sp³-hybridized carbons (Fsp3) is 0.650. The van der Waals surface area contributed by atoms with E-state index < -0.39 is 156 Å². The molecule has 2 heterocycles. The number of nitrogens with zero attached hydrogens (tertiary/aromatic N) is 1. The Morgan fingerprint density at radius 2 is 1.57 bits per heavy atom. The van der Waals surface area contributed by atoms with Gasteiger partial charge in [0.05, 0.1) is 50.0 Å². The van der Waals surface area contributed by atoms with Crippen molar-refractivity contribution in [3.63, 3.8) is 0 Å². The van der Waals surface area contributed by atoms with Gasteiger partial charge in [-0.15, -0.1) is 0 Å². The summed E-state index contributed by atoms with van der Waals surface area (Å²) in [5, 5.41) is 59.4. The summed E-state index contributed by atoms with van der Waals surface area (Å²) in [4.78, 5) is 102. The molecule has 2 aliphatic rings. The number of nitrogens with one attached hydrogen (secondary N) is 4. The fourth-order valence-corrected chi connectivity index (χ4v) is 7.18. The van der Waals surface area contributed by atoms with Crippen LogP contribution in [0.5, 0.6) is 0 Å². The van der Waals surface area contributed by atoms with Gasteiger partial charge in [-0.1, -0.05) is 33.8 Å². The molecular weight excluding hydrogens is 887 g/mol. The Morgan fingerprint density at radius 1 is 0.892 bits per heavy atom. The summed E-state index contributed by atoms with van der Waals surface area (Å²) >= 11 is 0. The molecule has 1 aromatic carbocycles. The zero-order valence-electron chi connectivity index (χ0n) is 36.5. The maximum Gasteiger partial charge on any atom is 0.335 e. The monoisotopic (exact) mass is 945 g/mol. The molecule has 0 aromatic heterocycles. The summed E-state index contributed by atoms with van der Waals surface area (Å²) in [7, 11) is -4.38. The van der Waals surface area contributed by atoms with Crippen LogP contribution in [0.15, 0.2) is 18.2 Å². The van der Waals surface area contributed by atoms with Crippen LogP contribution >= 0.6 is 0 Å². The number of anilines is 1. The van der Waals surface area contributed by atoms with Gasteiger partial charge < -0.3 is 65.9 Å². The van der Waals surface area contributed by atoms with E-state index in [9.17, 15) is 67.2 Å². The highest BCUT2D eigenvalue weighted by molar-refractivity contribution is 7.85. The number of ether oxygens (including phenoxy) is 3. The predicted octanol–water partition coefficient (Wildman–Crippen LogP) is -2.31. The van der Waals surface area contributed by atoms with Crippen LogP contribution in [-0.4, -0.2) is 171 Å². The summed E-state index contributed by atoms with van der Waals surface area (Å²) in [6.07, 6.45) is -9.47. The van der Waals surface area contributed by atoms with E-state index in [0.29, 0.717) is 11.1 Å². The van der Waals surface area contributed by atoms with Gasteiger partial charge in [-0.2, -0.15) is 8.42 Å². The molecule has 65 heavy (non-hydrogen) atoms. The molecule has 25 heteroatoms. The van der Waals surface area contributed by atoms with Gasteiger partial charge in [0.25, 0.3) is 10.1 Å². The van der Waals surface area contributed by atoms with Gasteiger partial charge in [-0.3, -0.25) is 38.1 Å². The molecule has 2 fully saturated rings. The largest absolute Gasteiger partial charge is 0.481 e. The van der Waals surface area contributed by atoms with E-state index >= 15 is 0 Å². The summed E-state index contributed by atoms with van der Waals surface area (Å²) in [5.41, 5.74) is 1.17. The van der Waals surface area contributed by atoms with Crippen LogP contribution in [0.1, 0.15) is 71.4 Å². The van der Waals surface area contributed by atoms with Crippen LogP contribution in [0.2, 0.25) is 0 Å². The molecule has 364 valence electrons. The highest BCUT2D eigenvalue weighted by Crippen LogP contribution is 2.27.